The molecule has 0 aromatic heterocycles. The minimum Gasteiger partial charge on any atom is -0.493 e. The molecule has 1 rings (SSSR count). The molecule has 3 N–H and O–H groups in total. The van der Waals surface area contributed by atoms with Crippen molar-refractivity contribution in [2.45, 2.75) is 13.0 Å². The number of hydrogen-bond donors (Lipinski definition) is 2. The van der Waals surface area contributed by atoms with Gasteiger partial charge in [-0.05, 0) is 30.7 Å². The molecule has 0 saturated carbocycles. The number of amides is 2. The topological polar surface area (TPSA) is 99.9 Å². The number of methoxy groups -OCH3 is 3. The van der Waals surface area contributed by atoms with Crippen LogP contribution in [0.15, 0.2) is 18.2 Å². The standard InChI is InChI=1S/C15H20N2O5/c1-9(15(16)19)17-13(18)6-5-10-7-11(20-2)14(22-4)12(8-10)21-3/h5-9H,1-4H3,(H2,16,19)(H,17,18)/b6-5+. The minimum atomic E-state index is -0.739. The number of benzene rings is 1. The van der Waals surface area contributed by atoms with Crippen molar-refractivity contribution >= 4 is 17.9 Å². The van der Waals surface area contributed by atoms with E-state index in [0.717, 1.165) is 0 Å². The Hall–Kier alpha value is -2.70. The molecule has 0 aliphatic heterocycles. The normalized spacial score (nSPS) is 11.8. The zero-order chi connectivity index (χ0) is 16.7. The summed E-state index contributed by atoms with van der Waals surface area (Å²) < 4.78 is 15.7. The molecule has 1 aromatic carbocycles. The maximum absolute atomic E-state index is 11.7. The molecule has 22 heavy (non-hydrogen) atoms. The van der Waals surface area contributed by atoms with Gasteiger partial charge in [0.15, 0.2) is 11.5 Å². The Bertz CT molecular complexity index is 558. The predicted molar refractivity (Wildman–Crippen MR) is 81.9 cm³/mol. The molecule has 1 aromatic rings. The first-order valence-corrected chi connectivity index (χ1v) is 6.50. The molecule has 0 heterocycles. The Morgan fingerprint density at radius 3 is 2.09 bits per heavy atom. The Labute approximate surface area is 129 Å². The van der Waals surface area contributed by atoms with Crippen LogP contribution in [0.1, 0.15) is 12.5 Å². The molecule has 0 fully saturated rings. The SMILES string of the molecule is COc1cc(/C=C/C(=O)NC(C)C(N)=O)cc(OC)c1OC. The van der Waals surface area contributed by atoms with Gasteiger partial charge in [0, 0.05) is 6.08 Å². The molecule has 7 heteroatoms. The summed E-state index contributed by atoms with van der Waals surface area (Å²) in [6.07, 6.45) is 2.85. The Morgan fingerprint density at radius 2 is 1.68 bits per heavy atom. The molecule has 0 spiro atoms. The van der Waals surface area contributed by atoms with Crippen molar-refractivity contribution in [2.75, 3.05) is 21.3 Å². The number of carbonyl (C=O) groups is 2. The highest BCUT2D eigenvalue weighted by Crippen LogP contribution is 2.38. The van der Waals surface area contributed by atoms with E-state index in [4.69, 9.17) is 19.9 Å². The molecule has 0 aliphatic carbocycles. The van der Waals surface area contributed by atoms with E-state index >= 15 is 0 Å². The first-order valence-electron chi connectivity index (χ1n) is 6.50. The van der Waals surface area contributed by atoms with E-state index in [-0.39, 0.29) is 0 Å². The third kappa shape index (κ3) is 4.41. The third-order valence-corrected chi connectivity index (χ3v) is 2.90. The lowest BCUT2D eigenvalue weighted by atomic mass is 10.1. The highest BCUT2D eigenvalue weighted by molar-refractivity contribution is 5.95. The average Bonchev–Trinajstić information content (AvgIpc) is 2.51. The van der Waals surface area contributed by atoms with Crippen LogP contribution in [0.2, 0.25) is 0 Å². The van der Waals surface area contributed by atoms with E-state index in [9.17, 15) is 9.59 Å². The maximum atomic E-state index is 11.7. The zero-order valence-corrected chi connectivity index (χ0v) is 13.0. The molecule has 0 aliphatic rings. The van der Waals surface area contributed by atoms with Crippen molar-refractivity contribution < 1.29 is 23.8 Å². The van der Waals surface area contributed by atoms with Crippen LogP contribution in [0.5, 0.6) is 17.2 Å². The van der Waals surface area contributed by atoms with Crippen molar-refractivity contribution in [3.63, 3.8) is 0 Å². The molecule has 0 bridgehead atoms. The van der Waals surface area contributed by atoms with Crippen molar-refractivity contribution in [2.24, 2.45) is 5.73 Å². The summed E-state index contributed by atoms with van der Waals surface area (Å²) in [5.74, 6) is 0.392. The molecule has 7 nitrogen and oxygen atoms in total. The maximum Gasteiger partial charge on any atom is 0.244 e. The first kappa shape index (κ1) is 17.4. The summed E-state index contributed by atoms with van der Waals surface area (Å²) >= 11 is 0. The van der Waals surface area contributed by atoms with Gasteiger partial charge in [-0.25, -0.2) is 0 Å². The molecule has 2 amide bonds. The molecule has 0 saturated heterocycles. The van der Waals surface area contributed by atoms with Gasteiger partial charge in [-0.3, -0.25) is 9.59 Å². The lowest BCUT2D eigenvalue weighted by molar-refractivity contribution is -0.124. The van der Waals surface area contributed by atoms with E-state index in [1.54, 1.807) is 18.2 Å². The highest BCUT2D eigenvalue weighted by atomic mass is 16.5. The molecule has 1 unspecified atom stereocenters. The number of carbonyl (C=O) groups excluding carboxylic acids is 2. The second-order valence-electron chi connectivity index (χ2n) is 4.42. The summed E-state index contributed by atoms with van der Waals surface area (Å²) in [6, 6.07) is 2.66. The van der Waals surface area contributed by atoms with Crippen LogP contribution in [-0.4, -0.2) is 39.2 Å². The van der Waals surface area contributed by atoms with E-state index in [1.807, 2.05) is 0 Å². The summed E-state index contributed by atoms with van der Waals surface area (Å²) in [5, 5.41) is 2.44. The lowest BCUT2D eigenvalue weighted by Crippen LogP contribution is -2.41. The van der Waals surface area contributed by atoms with Crippen LogP contribution >= 0.6 is 0 Å². The van der Waals surface area contributed by atoms with Gasteiger partial charge in [-0.1, -0.05) is 0 Å². The number of nitrogens with two attached hydrogens (primary N) is 1. The van der Waals surface area contributed by atoms with Gasteiger partial charge in [0.05, 0.1) is 21.3 Å². The summed E-state index contributed by atoms with van der Waals surface area (Å²) in [7, 11) is 4.52. The van der Waals surface area contributed by atoms with Crippen LogP contribution in [-0.2, 0) is 9.59 Å². The van der Waals surface area contributed by atoms with Gasteiger partial charge >= 0.3 is 0 Å². The third-order valence-electron chi connectivity index (χ3n) is 2.90. The van der Waals surface area contributed by atoms with Crippen molar-refractivity contribution in [3.8, 4) is 17.2 Å². The fourth-order valence-corrected chi connectivity index (χ4v) is 1.70. The summed E-state index contributed by atoms with van der Waals surface area (Å²) in [6.45, 7) is 1.51. The van der Waals surface area contributed by atoms with Crippen LogP contribution in [0.4, 0.5) is 0 Å². The number of primary amides is 1. The second kappa shape index (κ2) is 7.92. The van der Waals surface area contributed by atoms with Gasteiger partial charge in [0.2, 0.25) is 17.6 Å². The lowest BCUT2D eigenvalue weighted by Gasteiger charge is -2.13. The number of nitrogens with one attached hydrogen (secondary N) is 1. The summed E-state index contributed by atoms with van der Waals surface area (Å²) in [5.41, 5.74) is 5.75. The number of rotatable bonds is 7. The molecular weight excluding hydrogens is 288 g/mol. The van der Waals surface area contributed by atoms with Crippen LogP contribution in [0.25, 0.3) is 6.08 Å². The fraction of sp³-hybridized carbons (Fsp3) is 0.333. The highest BCUT2D eigenvalue weighted by Gasteiger charge is 2.13. The van der Waals surface area contributed by atoms with Crippen molar-refractivity contribution in [3.05, 3.63) is 23.8 Å². The average molecular weight is 308 g/mol. The Kier molecular flexibility index (Phi) is 6.25. The molecule has 1 atom stereocenters. The quantitative estimate of drug-likeness (QED) is 0.723. The van der Waals surface area contributed by atoms with Crippen molar-refractivity contribution in [1.29, 1.82) is 0 Å². The monoisotopic (exact) mass is 308 g/mol. The van der Waals surface area contributed by atoms with E-state index in [1.165, 1.54) is 34.3 Å². The first-order chi connectivity index (χ1) is 10.4. The number of ether oxygens (including phenoxy) is 3. The largest absolute Gasteiger partial charge is 0.493 e. The van der Waals surface area contributed by atoms with Crippen molar-refractivity contribution in [1.82, 2.24) is 5.32 Å². The number of hydrogen-bond acceptors (Lipinski definition) is 5. The Morgan fingerprint density at radius 1 is 1.14 bits per heavy atom. The van der Waals surface area contributed by atoms with E-state index in [2.05, 4.69) is 5.32 Å². The summed E-state index contributed by atoms with van der Waals surface area (Å²) in [4.78, 5) is 22.6. The van der Waals surface area contributed by atoms with Crippen LogP contribution in [0, 0.1) is 0 Å². The molecule has 120 valence electrons. The second-order valence-corrected chi connectivity index (χ2v) is 4.42. The fourth-order valence-electron chi connectivity index (χ4n) is 1.70. The molecule has 0 radical (unpaired) electrons. The van der Waals surface area contributed by atoms with Gasteiger partial charge < -0.3 is 25.3 Å². The van der Waals surface area contributed by atoms with E-state index in [0.29, 0.717) is 22.8 Å². The van der Waals surface area contributed by atoms with Crippen LogP contribution in [0.3, 0.4) is 0 Å². The van der Waals surface area contributed by atoms with Gasteiger partial charge in [-0.2, -0.15) is 0 Å². The Balaban J connectivity index is 2.96. The molecular formula is C15H20N2O5. The van der Waals surface area contributed by atoms with E-state index < -0.39 is 17.9 Å². The minimum absolute atomic E-state index is 0.431. The van der Waals surface area contributed by atoms with Crippen LogP contribution < -0.4 is 25.3 Å². The van der Waals surface area contributed by atoms with Gasteiger partial charge in [0.25, 0.3) is 0 Å². The zero-order valence-electron chi connectivity index (χ0n) is 13.0. The predicted octanol–water partition coefficient (Wildman–Crippen LogP) is 0.716. The van der Waals surface area contributed by atoms with Gasteiger partial charge in [0.1, 0.15) is 6.04 Å². The van der Waals surface area contributed by atoms with Gasteiger partial charge in [-0.15, -0.1) is 0 Å². The smallest absolute Gasteiger partial charge is 0.244 e.